The number of carbonyl (C=O) groups excluding carboxylic acids is 1. The Morgan fingerprint density at radius 2 is 1.75 bits per heavy atom. The van der Waals surface area contributed by atoms with Gasteiger partial charge in [-0.1, -0.05) is 50.6 Å². The molecule has 0 bridgehead atoms. The molecule has 9 atom stereocenters. The SMILES string of the molecule is C[C@H]1CC[C@@H]2C3CC[C@@]4(C)C(CC[C@@H]4CN4C[C@@H](c5ccccc5)CC4=O)[C@@H]3CC[C@@H]2C1. The minimum Gasteiger partial charge on any atom is -0.342 e. The predicted octanol–water partition coefficient (Wildman–Crippen LogP) is 6.91. The molecular weight excluding hydrogens is 390 g/mol. The quantitative estimate of drug-likeness (QED) is 0.507. The molecule has 0 spiro atoms. The summed E-state index contributed by atoms with van der Waals surface area (Å²) in [7, 11) is 0. The fourth-order valence-corrected chi connectivity index (χ4v) is 9.66. The van der Waals surface area contributed by atoms with Crippen molar-refractivity contribution in [2.45, 2.75) is 84.0 Å². The second-order valence-corrected chi connectivity index (χ2v) is 12.8. The van der Waals surface area contributed by atoms with E-state index in [2.05, 4.69) is 49.1 Å². The fraction of sp³-hybridized carbons (Fsp3) is 0.767. The molecule has 4 aliphatic carbocycles. The van der Waals surface area contributed by atoms with Crippen LogP contribution in [-0.4, -0.2) is 23.9 Å². The van der Waals surface area contributed by atoms with Crippen molar-refractivity contribution in [1.82, 2.24) is 4.90 Å². The summed E-state index contributed by atoms with van der Waals surface area (Å²) in [5.74, 6) is 7.50. The monoisotopic (exact) mass is 433 g/mol. The van der Waals surface area contributed by atoms with Crippen molar-refractivity contribution >= 4 is 5.91 Å². The van der Waals surface area contributed by atoms with Gasteiger partial charge < -0.3 is 4.90 Å². The highest BCUT2D eigenvalue weighted by molar-refractivity contribution is 5.79. The molecule has 1 aromatic carbocycles. The highest BCUT2D eigenvalue weighted by Crippen LogP contribution is 2.64. The maximum absolute atomic E-state index is 12.9. The first-order chi connectivity index (χ1) is 15.5. The van der Waals surface area contributed by atoms with E-state index in [1.165, 1.54) is 63.4 Å². The first kappa shape index (κ1) is 21.2. The number of likely N-dealkylation sites (tertiary alicyclic amines) is 1. The van der Waals surface area contributed by atoms with Crippen molar-refractivity contribution in [2.24, 2.45) is 46.8 Å². The molecular formula is C30H43NO. The van der Waals surface area contributed by atoms with Gasteiger partial charge in [-0.25, -0.2) is 0 Å². The van der Waals surface area contributed by atoms with Crippen LogP contribution in [0.5, 0.6) is 0 Å². The summed E-state index contributed by atoms with van der Waals surface area (Å²) in [6, 6.07) is 10.7. The molecule has 2 unspecified atom stereocenters. The van der Waals surface area contributed by atoms with E-state index in [4.69, 9.17) is 0 Å². The Kier molecular flexibility index (Phi) is 5.42. The highest BCUT2D eigenvalue weighted by Gasteiger charge is 2.57. The van der Waals surface area contributed by atoms with Crippen LogP contribution in [0.2, 0.25) is 0 Å². The summed E-state index contributed by atoms with van der Waals surface area (Å²) >= 11 is 0. The van der Waals surface area contributed by atoms with Gasteiger partial charge in [0.1, 0.15) is 0 Å². The van der Waals surface area contributed by atoms with Crippen molar-refractivity contribution in [3.63, 3.8) is 0 Å². The zero-order valence-electron chi connectivity index (χ0n) is 20.3. The molecule has 2 heteroatoms. The largest absolute Gasteiger partial charge is 0.342 e. The van der Waals surface area contributed by atoms with Gasteiger partial charge in [-0.15, -0.1) is 0 Å². The third kappa shape index (κ3) is 3.46. The summed E-state index contributed by atoms with van der Waals surface area (Å²) in [4.78, 5) is 15.2. The third-order valence-corrected chi connectivity index (χ3v) is 11.3. The van der Waals surface area contributed by atoms with E-state index in [-0.39, 0.29) is 0 Å². The van der Waals surface area contributed by atoms with Crippen molar-refractivity contribution in [1.29, 1.82) is 0 Å². The van der Waals surface area contributed by atoms with E-state index < -0.39 is 0 Å². The van der Waals surface area contributed by atoms with Gasteiger partial charge >= 0.3 is 0 Å². The summed E-state index contributed by atoms with van der Waals surface area (Å²) in [5, 5.41) is 0. The number of carbonyl (C=O) groups is 1. The lowest BCUT2D eigenvalue weighted by Crippen LogP contribution is -2.49. The molecule has 0 N–H and O–H groups in total. The normalized spacial score (nSPS) is 45.9. The van der Waals surface area contributed by atoms with Crippen molar-refractivity contribution < 1.29 is 4.79 Å². The van der Waals surface area contributed by atoms with Crippen molar-refractivity contribution in [3.05, 3.63) is 35.9 Å². The maximum atomic E-state index is 12.9. The topological polar surface area (TPSA) is 20.3 Å². The predicted molar refractivity (Wildman–Crippen MR) is 130 cm³/mol. The minimum absolute atomic E-state index is 0.397. The van der Waals surface area contributed by atoms with E-state index in [0.717, 1.165) is 54.5 Å². The molecule has 32 heavy (non-hydrogen) atoms. The Morgan fingerprint density at radius 1 is 0.938 bits per heavy atom. The maximum Gasteiger partial charge on any atom is 0.223 e. The van der Waals surface area contributed by atoms with E-state index in [9.17, 15) is 4.79 Å². The van der Waals surface area contributed by atoms with Gasteiger partial charge in [0.05, 0.1) is 0 Å². The van der Waals surface area contributed by atoms with Crippen LogP contribution in [0.4, 0.5) is 0 Å². The van der Waals surface area contributed by atoms with Gasteiger partial charge in [-0.2, -0.15) is 0 Å². The number of rotatable bonds is 3. The Morgan fingerprint density at radius 3 is 2.59 bits per heavy atom. The molecule has 5 aliphatic rings. The number of benzene rings is 1. The van der Waals surface area contributed by atoms with Gasteiger partial charge in [-0.3, -0.25) is 4.79 Å². The van der Waals surface area contributed by atoms with Gasteiger partial charge in [0.2, 0.25) is 5.91 Å². The summed E-state index contributed by atoms with van der Waals surface area (Å²) < 4.78 is 0. The lowest BCUT2D eigenvalue weighted by Gasteiger charge is -2.56. The molecule has 0 aromatic heterocycles. The number of hydrogen-bond donors (Lipinski definition) is 0. The summed E-state index contributed by atoms with van der Waals surface area (Å²) in [6.45, 7) is 7.09. The fourth-order valence-electron chi connectivity index (χ4n) is 9.66. The minimum atomic E-state index is 0.397. The standard InChI is InChI=1S/C30H43NO/c1-20-8-11-25-22(16-20)9-12-27-26(25)14-15-30(2)24(10-13-28(27)30)19-31-18-23(17-29(31)32)21-6-4-3-5-7-21/h3-7,20,22-28H,8-19H2,1-2H3/t20-,22+,23-,24+,25-,26?,27+,28?,30+/m0/s1. The van der Waals surface area contributed by atoms with Gasteiger partial charge in [0.25, 0.3) is 0 Å². The van der Waals surface area contributed by atoms with Crippen LogP contribution in [-0.2, 0) is 4.79 Å². The number of hydrogen-bond acceptors (Lipinski definition) is 1. The Bertz CT molecular complexity index is 834. The highest BCUT2D eigenvalue weighted by atomic mass is 16.2. The Hall–Kier alpha value is -1.31. The van der Waals surface area contributed by atoms with Gasteiger partial charge in [-0.05, 0) is 104 Å². The zero-order chi connectivity index (χ0) is 21.9. The Labute approximate surface area is 195 Å². The number of nitrogens with zero attached hydrogens (tertiary/aromatic N) is 1. The van der Waals surface area contributed by atoms with Crippen molar-refractivity contribution in [2.75, 3.05) is 13.1 Å². The van der Waals surface area contributed by atoms with Gasteiger partial charge in [0, 0.05) is 25.4 Å². The van der Waals surface area contributed by atoms with Crippen molar-refractivity contribution in [3.8, 4) is 0 Å². The van der Waals surface area contributed by atoms with E-state index in [1.807, 2.05) is 0 Å². The smallest absolute Gasteiger partial charge is 0.223 e. The van der Waals surface area contributed by atoms with Crippen LogP contribution in [0.3, 0.4) is 0 Å². The third-order valence-electron chi connectivity index (χ3n) is 11.3. The molecule has 1 amide bonds. The number of fused-ring (bicyclic) bond motifs is 5. The molecule has 6 rings (SSSR count). The average molecular weight is 434 g/mol. The van der Waals surface area contributed by atoms with E-state index in [0.29, 0.717) is 23.7 Å². The van der Waals surface area contributed by atoms with Crippen LogP contribution in [0, 0.1) is 46.8 Å². The van der Waals surface area contributed by atoms with Crippen LogP contribution in [0.1, 0.15) is 89.5 Å². The first-order valence-corrected chi connectivity index (χ1v) is 13.9. The second kappa shape index (κ2) is 8.17. The van der Waals surface area contributed by atoms with Crippen LogP contribution < -0.4 is 0 Å². The average Bonchev–Trinajstić information content (AvgIpc) is 3.34. The Balaban J connectivity index is 1.14. The molecule has 2 nitrogen and oxygen atoms in total. The molecule has 1 heterocycles. The van der Waals surface area contributed by atoms with E-state index in [1.54, 1.807) is 0 Å². The lowest BCUT2D eigenvalue weighted by atomic mass is 9.49. The summed E-state index contributed by atoms with van der Waals surface area (Å²) in [6.07, 6.45) is 13.9. The van der Waals surface area contributed by atoms with Gasteiger partial charge in [0.15, 0.2) is 0 Å². The molecule has 174 valence electrons. The van der Waals surface area contributed by atoms with Crippen LogP contribution in [0.15, 0.2) is 30.3 Å². The first-order valence-electron chi connectivity index (χ1n) is 13.9. The molecule has 5 fully saturated rings. The summed E-state index contributed by atoms with van der Waals surface area (Å²) in [5.41, 5.74) is 1.82. The van der Waals surface area contributed by atoms with Crippen LogP contribution >= 0.6 is 0 Å². The molecule has 0 radical (unpaired) electrons. The molecule has 1 aromatic rings. The lowest BCUT2D eigenvalue weighted by molar-refractivity contribution is -0.129. The molecule has 1 aliphatic heterocycles. The van der Waals surface area contributed by atoms with Crippen LogP contribution in [0.25, 0.3) is 0 Å². The molecule has 4 saturated carbocycles. The van der Waals surface area contributed by atoms with E-state index >= 15 is 0 Å². The number of amides is 1. The molecule has 1 saturated heterocycles. The second-order valence-electron chi connectivity index (χ2n) is 12.8. The zero-order valence-corrected chi connectivity index (χ0v) is 20.3.